The van der Waals surface area contributed by atoms with Gasteiger partial charge >= 0.3 is 0 Å². The van der Waals surface area contributed by atoms with Crippen LogP contribution in [0.5, 0.6) is 5.75 Å². The number of methoxy groups -OCH3 is 1. The molecular formula is C25H25FN4O3S. The third kappa shape index (κ3) is 4.10. The molecule has 1 aliphatic heterocycles. The summed E-state index contributed by atoms with van der Waals surface area (Å²) in [5.74, 6) is 0.169. The molecule has 34 heavy (non-hydrogen) atoms. The Morgan fingerprint density at radius 3 is 2.85 bits per heavy atom. The average molecular weight is 481 g/mol. The zero-order valence-electron chi connectivity index (χ0n) is 19.5. The van der Waals surface area contributed by atoms with Gasteiger partial charge in [-0.2, -0.15) is 0 Å². The summed E-state index contributed by atoms with van der Waals surface area (Å²) in [7, 11) is 1.43. The normalized spacial score (nSPS) is 14.9. The van der Waals surface area contributed by atoms with Gasteiger partial charge in [-0.15, -0.1) is 11.3 Å². The van der Waals surface area contributed by atoms with Crippen LogP contribution in [0.15, 0.2) is 30.6 Å². The van der Waals surface area contributed by atoms with Crippen LogP contribution in [0, 0.1) is 5.82 Å². The monoisotopic (exact) mass is 480 g/mol. The summed E-state index contributed by atoms with van der Waals surface area (Å²) in [4.78, 5) is 29.0. The molecule has 3 aromatic heterocycles. The van der Waals surface area contributed by atoms with Crippen molar-refractivity contribution < 1.29 is 18.7 Å². The first kappa shape index (κ1) is 22.6. The van der Waals surface area contributed by atoms with E-state index in [-0.39, 0.29) is 17.3 Å². The molecule has 9 heteroatoms. The van der Waals surface area contributed by atoms with Crippen molar-refractivity contribution in [3.63, 3.8) is 0 Å². The van der Waals surface area contributed by atoms with Gasteiger partial charge in [0.15, 0.2) is 17.4 Å². The number of ether oxygens (including phenoxy) is 2. The first-order valence-electron chi connectivity index (χ1n) is 11.1. The number of anilines is 1. The first-order valence-corrected chi connectivity index (χ1v) is 11.9. The molecular weight excluding hydrogens is 455 g/mol. The molecule has 5 rings (SSSR count). The molecule has 0 saturated heterocycles. The first-order chi connectivity index (χ1) is 16.3. The van der Waals surface area contributed by atoms with Crippen molar-refractivity contribution in [1.82, 2.24) is 15.0 Å². The molecule has 4 aromatic rings. The molecule has 0 saturated carbocycles. The fourth-order valence-corrected chi connectivity index (χ4v) is 5.41. The summed E-state index contributed by atoms with van der Waals surface area (Å²) in [5.41, 5.74) is 3.39. The second kappa shape index (κ2) is 8.56. The Kier molecular flexibility index (Phi) is 5.69. The summed E-state index contributed by atoms with van der Waals surface area (Å²) in [6, 6.07) is 6.92. The zero-order valence-corrected chi connectivity index (χ0v) is 20.3. The molecule has 0 spiro atoms. The Hall–Kier alpha value is -3.17. The number of hydrogen-bond donors (Lipinski definition) is 0. The number of fused-ring (bicyclic) bond motifs is 4. The minimum Gasteiger partial charge on any atom is -0.494 e. The predicted octanol–water partition coefficient (Wildman–Crippen LogP) is 4.83. The minimum absolute atomic E-state index is 0.145. The molecule has 0 radical (unpaired) electrons. The fourth-order valence-electron chi connectivity index (χ4n) is 4.28. The lowest BCUT2D eigenvalue weighted by molar-refractivity contribution is -0.116. The van der Waals surface area contributed by atoms with E-state index in [9.17, 15) is 9.18 Å². The molecule has 0 bridgehead atoms. The number of hydrogen-bond acceptors (Lipinski definition) is 7. The van der Waals surface area contributed by atoms with Gasteiger partial charge in [0.1, 0.15) is 11.2 Å². The van der Waals surface area contributed by atoms with Gasteiger partial charge in [-0.1, -0.05) is 6.07 Å². The highest BCUT2D eigenvalue weighted by Gasteiger charge is 2.28. The van der Waals surface area contributed by atoms with Gasteiger partial charge in [0.05, 0.1) is 35.2 Å². The van der Waals surface area contributed by atoms with Crippen molar-refractivity contribution in [2.45, 2.75) is 45.8 Å². The van der Waals surface area contributed by atoms with E-state index in [1.807, 2.05) is 0 Å². The van der Waals surface area contributed by atoms with E-state index in [0.29, 0.717) is 25.4 Å². The van der Waals surface area contributed by atoms with Crippen LogP contribution in [-0.4, -0.2) is 40.1 Å². The van der Waals surface area contributed by atoms with Gasteiger partial charge in [0, 0.05) is 30.8 Å². The van der Waals surface area contributed by atoms with E-state index < -0.39 is 5.82 Å². The summed E-state index contributed by atoms with van der Waals surface area (Å²) in [6.07, 6.45) is 2.69. The van der Waals surface area contributed by atoms with Crippen molar-refractivity contribution in [3.8, 4) is 5.75 Å². The van der Waals surface area contributed by atoms with Gasteiger partial charge in [-0.25, -0.2) is 19.3 Å². The van der Waals surface area contributed by atoms with E-state index in [2.05, 4.69) is 29.9 Å². The number of aromatic nitrogens is 3. The molecule has 176 valence electrons. The maximum absolute atomic E-state index is 14.1. The Labute approximate surface area is 200 Å². The average Bonchev–Trinajstić information content (AvgIpc) is 3.15. The highest BCUT2D eigenvalue weighted by atomic mass is 32.1. The fraction of sp³-hybridized carbons (Fsp3) is 0.360. The van der Waals surface area contributed by atoms with Gasteiger partial charge < -0.3 is 9.47 Å². The van der Waals surface area contributed by atoms with Crippen LogP contribution >= 0.6 is 11.3 Å². The van der Waals surface area contributed by atoms with Crippen molar-refractivity contribution in [2.75, 3.05) is 18.6 Å². The molecule has 1 amide bonds. The molecule has 0 aliphatic carbocycles. The number of thiophene rings is 1. The smallest absolute Gasteiger partial charge is 0.225 e. The summed E-state index contributed by atoms with van der Waals surface area (Å²) < 4.78 is 25.9. The van der Waals surface area contributed by atoms with Crippen LogP contribution in [0.4, 0.5) is 10.2 Å². The second-order valence-electron chi connectivity index (χ2n) is 9.04. The third-order valence-corrected chi connectivity index (χ3v) is 7.17. The van der Waals surface area contributed by atoms with Crippen molar-refractivity contribution in [1.29, 1.82) is 0 Å². The maximum atomic E-state index is 14.1. The topological polar surface area (TPSA) is 77.4 Å². The molecule has 0 fully saturated rings. The minimum atomic E-state index is -0.425. The van der Waals surface area contributed by atoms with E-state index in [0.717, 1.165) is 43.7 Å². The Bertz CT molecular complexity index is 1420. The number of rotatable bonds is 5. The lowest BCUT2D eigenvalue weighted by Crippen LogP contribution is -2.32. The van der Waals surface area contributed by atoms with Gasteiger partial charge in [0.2, 0.25) is 5.91 Å². The quantitative estimate of drug-likeness (QED) is 0.407. The highest BCUT2D eigenvalue weighted by Crippen LogP contribution is 2.39. The molecule has 1 aliphatic rings. The number of benzene rings is 1. The van der Waals surface area contributed by atoms with E-state index in [4.69, 9.17) is 14.5 Å². The Balaban J connectivity index is 1.52. The van der Waals surface area contributed by atoms with Crippen molar-refractivity contribution in [3.05, 3.63) is 53.2 Å². The number of nitrogens with zero attached hydrogens (tertiary/aromatic N) is 4. The van der Waals surface area contributed by atoms with Crippen LogP contribution in [-0.2, 0) is 29.0 Å². The molecule has 0 N–H and O–H groups in total. The van der Waals surface area contributed by atoms with Crippen LogP contribution in [0.25, 0.3) is 20.4 Å². The summed E-state index contributed by atoms with van der Waals surface area (Å²) >= 11 is 1.49. The van der Waals surface area contributed by atoms with E-state index in [1.54, 1.807) is 17.0 Å². The standard InChI is InChI=1S/C25H25FN4O3S/c1-14(31)30(8-7-15-5-6-20(32-4)18(26)9-15)23-22-21(27-13-28-23)17-10-16-12-33-25(2,3)11-19(16)29-24(17)34-22/h5-6,9-10,13H,7-8,11-12H2,1-4H3. The SMILES string of the molecule is COc1ccc(CCN(C(C)=O)c2ncnc3c2sc2nc4c(cc23)COC(C)(C)C4)cc1F. The van der Waals surface area contributed by atoms with Crippen LogP contribution in [0.1, 0.15) is 37.6 Å². The highest BCUT2D eigenvalue weighted by molar-refractivity contribution is 7.26. The summed E-state index contributed by atoms with van der Waals surface area (Å²) in [6.45, 7) is 6.50. The Morgan fingerprint density at radius 2 is 2.12 bits per heavy atom. The largest absolute Gasteiger partial charge is 0.494 e. The number of pyridine rings is 1. The van der Waals surface area contributed by atoms with Gasteiger partial charge in [-0.05, 0) is 44.0 Å². The molecule has 0 atom stereocenters. The predicted molar refractivity (Wildman–Crippen MR) is 130 cm³/mol. The lowest BCUT2D eigenvalue weighted by Gasteiger charge is -2.30. The van der Waals surface area contributed by atoms with Crippen LogP contribution in [0.2, 0.25) is 0 Å². The number of carbonyl (C=O) groups is 1. The van der Waals surface area contributed by atoms with Crippen LogP contribution < -0.4 is 9.64 Å². The number of halogens is 1. The molecule has 4 heterocycles. The van der Waals surface area contributed by atoms with Gasteiger partial charge in [0.25, 0.3) is 0 Å². The molecule has 7 nitrogen and oxygen atoms in total. The number of amides is 1. The van der Waals surface area contributed by atoms with E-state index in [1.165, 1.54) is 37.8 Å². The van der Waals surface area contributed by atoms with E-state index >= 15 is 0 Å². The van der Waals surface area contributed by atoms with Crippen LogP contribution in [0.3, 0.4) is 0 Å². The zero-order chi connectivity index (χ0) is 24.0. The number of carbonyl (C=O) groups excluding carboxylic acids is 1. The van der Waals surface area contributed by atoms with Crippen molar-refractivity contribution in [2.24, 2.45) is 0 Å². The second-order valence-corrected chi connectivity index (χ2v) is 10.0. The molecule has 0 unspecified atom stereocenters. The van der Waals surface area contributed by atoms with Gasteiger partial charge in [-0.3, -0.25) is 9.69 Å². The van der Waals surface area contributed by atoms with Crippen molar-refractivity contribution >= 4 is 43.5 Å². The Morgan fingerprint density at radius 1 is 1.29 bits per heavy atom. The maximum Gasteiger partial charge on any atom is 0.225 e. The summed E-state index contributed by atoms with van der Waals surface area (Å²) in [5, 5.41) is 0.937. The molecule has 1 aromatic carbocycles. The lowest BCUT2D eigenvalue weighted by atomic mass is 9.95. The third-order valence-electron chi connectivity index (χ3n) is 6.08.